The van der Waals surface area contributed by atoms with E-state index < -0.39 is 0 Å². The van der Waals surface area contributed by atoms with E-state index in [9.17, 15) is 4.39 Å². The van der Waals surface area contributed by atoms with Crippen molar-refractivity contribution >= 4 is 0 Å². The molecule has 0 saturated heterocycles. The largest absolute Gasteiger partial charge is 0.381 e. The summed E-state index contributed by atoms with van der Waals surface area (Å²) in [5.41, 5.74) is 1.21. The summed E-state index contributed by atoms with van der Waals surface area (Å²) in [5.74, 6) is 0.564. The standard InChI is InChI=1S/C17H26FNO/c1-2-3-12-20-13-4-11-19-17(14-5-6-14)15-7-9-16(18)10-8-15/h7-10,14,17,19H,2-6,11-13H2,1H3. The smallest absolute Gasteiger partial charge is 0.123 e. The molecular weight excluding hydrogens is 253 g/mol. The predicted octanol–water partition coefficient (Wildman–Crippen LogP) is 4.07. The normalized spacial score (nSPS) is 16.3. The Morgan fingerprint density at radius 3 is 2.55 bits per heavy atom. The zero-order valence-electron chi connectivity index (χ0n) is 12.4. The molecule has 1 N–H and O–H groups in total. The first kappa shape index (κ1) is 15.5. The van der Waals surface area contributed by atoms with Gasteiger partial charge in [0.1, 0.15) is 5.82 Å². The minimum Gasteiger partial charge on any atom is -0.381 e. The Balaban J connectivity index is 1.69. The topological polar surface area (TPSA) is 21.3 Å². The molecule has 0 spiro atoms. The van der Waals surface area contributed by atoms with Gasteiger partial charge in [0, 0.05) is 19.3 Å². The molecule has 0 amide bonds. The second kappa shape index (κ2) is 8.38. The van der Waals surface area contributed by atoms with E-state index in [1.165, 1.54) is 24.8 Å². The van der Waals surface area contributed by atoms with Crippen molar-refractivity contribution < 1.29 is 9.13 Å². The summed E-state index contributed by atoms with van der Waals surface area (Å²) in [5, 5.41) is 3.61. The van der Waals surface area contributed by atoms with Crippen LogP contribution in [-0.2, 0) is 4.74 Å². The third-order valence-corrected chi connectivity index (χ3v) is 3.79. The van der Waals surface area contributed by atoms with Crippen molar-refractivity contribution in [1.82, 2.24) is 5.32 Å². The van der Waals surface area contributed by atoms with Crippen molar-refractivity contribution in [3.8, 4) is 0 Å². The molecule has 1 saturated carbocycles. The molecule has 1 fully saturated rings. The Hall–Kier alpha value is -0.930. The fraction of sp³-hybridized carbons (Fsp3) is 0.647. The Kier molecular flexibility index (Phi) is 6.48. The second-order valence-electron chi connectivity index (χ2n) is 5.64. The highest BCUT2D eigenvalue weighted by molar-refractivity contribution is 5.21. The lowest BCUT2D eigenvalue weighted by Crippen LogP contribution is -2.25. The van der Waals surface area contributed by atoms with Gasteiger partial charge in [-0.1, -0.05) is 25.5 Å². The van der Waals surface area contributed by atoms with E-state index in [-0.39, 0.29) is 5.82 Å². The van der Waals surface area contributed by atoms with Crippen molar-refractivity contribution in [2.24, 2.45) is 5.92 Å². The van der Waals surface area contributed by atoms with Gasteiger partial charge in [-0.15, -0.1) is 0 Å². The minimum atomic E-state index is -0.160. The highest BCUT2D eigenvalue weighted by Gasteiger charge is 2.31. The van der Waals surface area contributed by atoms with Gasteiger partial charge in [-0.2, -0.15) is 0 Å². The third kappa shape index (κ3) is 5.22. The Morgan fingerprint density at radius 2 is 1.90 bits per heavy atom. The summed E-state index contributed by atoms with van der Waals surface area (Å²) in [6, 6.07) is 7.30. The molecule has 1 unspecified atom stereocenters. The van der Waals surface area contributed by atoms with Crippen LogP contribution in [0.2, 0.25) is 0 Å². The van der Waals surface area contributed by atoms with Gasteiger partial charge in [0.15, 0.2) is 0 Å². The van der Waals surface area contributed by atoms with Gasteiger partial charge in [-0.05, 0) is 55.8 Å². The molecule has 2 rings (SSSR count). The fourth-order valence-corrected chi connectivity index (χ4v) is 2.44. The number of halogens is 1. The average Bonchev–Trinajstić information content (AvgIpc) is 3.28. The van der Waals surface area contributed by atoms with Crippen LogP contribution in [0.4, 0.5) is 4.39 Å². The summed E-state index contributed by atoms with van der Waals surface area (Å²) in [4.78, 5) is 0. The van der Waals surface area contributed by atoms with E-state index in [1.54, 1.807) is 12.1 Å². The summed E-state index contributed by atoms with van der Waals surface area (Å²) < 4.78 is 18.5. The number of hydrogen-bond donors (Lipinski definition) is 1. The number of nitrogens with one attached hydrogen (secondary N) is 1. The van der Waals surface area contributed by atoms with Crippen molar-refractivity contribution in [3.63, 3.8) is 0 Å². The maximum absolute atomic E-state index is 13.0. The molecule has 0 aliphatic heterocycles. The van der Waals surface area contributed by atoms with E-state index in [1.807, 2.05) is 12.1 Å². The summed E-state index contributed by atoms with van der Waals surface area (Å²) >= 11 is 0. The molecule has 1 aromatic carbocycles. The second-order valence-corrected chi connectivity index (χ2v) is 5.64. The monoisotopic (exact) mass is 279 g/mol. The van der Waals surface area contributed by atoms with Crippen LogP contribution in [0.3, 0.4) is 0 Å². The molecule has 3 heteroatoms. The average molecular weight is 279 g/mol. The predicted molar refractivity (Wildman–Crippen MR) is 80.2 cm³/mol. The van der Waals surface area contributed by atoms with Crippen molar-refractivity contribution in [1.29, 1.82) is 0 Å². The summed E-state index contributed by atoms with van der Waals surface area (Å²) in [7, 11) is 0. The van der Waals surface area contributed by atoms with Gasteiger partial charge < -0.3 is 10.1 Å². The van der Waals surface area contributed by atoms with Crippen molar-refractivity contribution in [2.75, 3.05) is 19.8 Å². The Labute approximate surface area is 121 Å². The molecule has 20 heavy (non-hydrogen) atoms. The number of unbranched alkanes of at least 4 members (excludes halogenated alkanes) is 1. The van der Waals surface area contributed by atoms with Crippen molar-refractivity contribution in [3.05, 3.63) is 35.6 Å². The first-order valence-corrected chi connectivity index (χ1v) is 7.88. The number of benzene rings is 1. The maximum atomic E-state index is 13.0. The lowest BCUT2D eigenvalue weighted by Gasteiger charge is -2.19. The Morgan fingerprint density at radius 1 is 1.20 bits per heavy atom. The van der Waals surface area contributed by atoms with Crippen LogP contribution in [0.15, 0.2) is 24.3 Å². The van der Waals surface area contributed by atoms with Gasteiger partial charge in [0.05, 0.1) is 0 Å². The quantitative estimate of drug-likeness (QED) is 0.652. The van der Waals surface area contributed by atoms with Gasteiger partial charge in [0.25, 0.3) is 0 Å². The molecule has 1 aliphatic carbocycles. The van der Waals surface area contributed by atoms with E-state index >= 15 is 0 Å². The Bertz CT molecular complexity index is 375. The van der Waals surface area contributed by atoms with Crippen LogP contribution in [0.25, 0.3) is 0 Å². The SMILES string of the molecule is CCCCOCCCNC(c1ccc(F)cc1)C1CC1. The minimum absolute atomic E-state index is 0.160. The van der Waals surface area contributed by atoms with Gasteiger partial charge in [-0.25, -0.2) is 4.39 Å². The van der Waals surface area contributed by atoms with Crippen LogP contribution in [0.1, 0.15) is 50.6 Å². The number of hydrogen-bond acceptors (Lipinski definition) is 2. The lowest BCUT2D eigenvalue weighted by atomic mass is 10.0. The summed E-state index contributed by atoms with van der Waals surface area (Å²) in [6.07, 6.45) is 5.93. The molecule has 0 aromatic heterocycles. The van der Waals surface area contributed by atoms with Gasteiger partial charge in [-0.3, -0.25) is 0 Å². The van der Waals surface area contributed by atoms with Crippen LogP contribution < -0.4 is 5.32 Å². The third-order valence-electron chi connectivity index (χ3n) is 3.79. The fourth-order valence-electron chi connectivity index (χ4n) is 2.44. The molecule has 0 heterocycles. The maximum Gasteiger partial charge on any atom is 0.123 e. The molecule has 2 nitrogen and oxygen atoms in total. The molecule has 0 bridgehead atoms. The molecule has 1 atom stereocenters. The van der Waals surface area contributed by atoms with E-state index in [0.29, 0.717) is 6.04 Å². The van der Waals surface area contributed by atoms with Crippen LogP contribution in [-0.4, -0.2) is 19.8 Å². The first-order chi connectivity index (χ1) is 9.81. The number of rotatable bonds is 10. The van der Waals surface area contributed by atoms with Crippen LogP contribution in [0, 0.1) is 11.7 Å². The van der Waals surface area contributed by atoms with Gasteiger partial charge in [0.2, 0.25) is 0 Å². The molecular formula is C17H26FNO. The molecule has 112 valence electrons. The van der Waals surface area contributed by atoms with Crippen LogP contribution >= 0.6 is 0 Å². The van der Waals surface area contributed by atoms with Crippen molar-refractivity contribution in [2.45, 2.75) is 45.1 Å². The van der Waals surface area contributed by atoms with Crippen LogP contribution in [0.5, 0.6) is 0 Å². The van der Waals surface area contributed by atoms with Gasteiger partial charge >= 0.3 is 0 Å². The summed E-state index contributed by atoms with van der Waals surface area (Å²) in [6.45, 7) is 4.84. The van der Waals surface area contributed by atoms with E-state index in [0.717, 1.165) is 38.5 Å². The zero-order valence-corrected chi connectivity index (χ0v) is 12.4. The molecule has 1 aromatic rings. The highest BCUT2D eigenvalue weighted by atomic mass is 19.1. The zero-order chi connectivity index (χ0) is 14.2. The first-order valence-electron chi connectivity index (χ1n) is 7.88. The highest BCUT2D eigenvalue weighted by Crippen LogP contribution is 2.40. The van der Waals surface area contributed by atoms with E-state index in [4.69, 9.17) is 4.74 Å². The molecule has 1 aliphatic rings. The van der Waals surface area contributed by atoms with E-state index in [2.05, 4.69) is 12.2 Å². The molecule has 0 radical (unpaired) electrons. The lowest BCUT2D eigenvalue weighted by molar-refractivity contribution is 0.128. The number of ether oxygens (including phenoxy) is 1.